The minimum absolute atomic E-state index is 0. The van der Waals surface area contributed by atoms with Crippen LogP contribution in [0.1, 0.15) is 16.1 Å². The molecule has 2 aromatic heterocycles. The van der Waals surface area contributed by atoms with Crippen LogP contribution < -0.4 is 11.1 Å². The first-order valence-electron chi connectivity index (χ1n) is 6.75. The zero-order valence-electron chi connectivity index (χ0n) is 12.8. The second kappa shape index (κ2) is 7.81. The molecule has 3 rings (SSSR count). The lowest BCUT2D eigenvalue weighted by Gasteiger charge is -2.10. The van der Waals surface area contributed by atoms with E-state index in [0.29, 0.717) is 5.56 Å². The third-order valence-corrected chi connectivity index (χ3v) is 3.52. The second-order valence-corrected chi connectivity index (χ2v) is 4.90. The van der Waals surface area contributed by atoms with Gasteiger partial charge in [0.1, 0.15) is 0 Å². The van der Waals surface area contributed by atoms with Gasteiger partial charge >= 0.3 is 0 Å². The SMILES string of the molecule is Cc1c(C(=O)NC(=N)N)ccn1-c1ccnc2ccccc12.Cl.Cl. The first-order valence-corrected chi connectivity index (χ1v) is 6.75. The lowest BCUT2D eigenvalue weighted by Crippen LogP contribution is -2.35. The van der Waals surface area contributed by atoms with Crippen LogP contribution in [0.25, 0.3) is 16.6 Å². The Hall–Kier alpha value is -2.57. The number of hydrogen-bond donors (Lipinski definition) is 3. The fourth-order valence-electron chi connectivity index (χ4n) is 2.49. The molecule has 0 atom stereocenters. The summed E-state index contributed by atoms with van der Waals surface area (Å²) in [5.41, 5.74) is 8.31. The van der Waals surface area contributed by atoms with Crippen LogP contribution in [0.15, 0.2) is 48.8 Å². The molecule has 0 fully saturated rings. The van der Waals surface area contributed by atoms with E-state index >= 15 is 0 Å². The van der Waals surface area contributed by atoms with Crippen LogP contribution in [0.3, 0.4) is 0 Å². The van der Waals surface area contributed by atoms with Crippen molar-refractivity contribution in [1.82, 2.24) is 14.9 Å². The maximum absolute atomic E-state index is 12.0. The molecule has 0 aliphatic heterocycles. The minimum atomic E-state index is -0.387. The molecule has 1 amide bonds. The maximum atomic E-state index is 12.0. The van der Waals surface area contributed by atoms with Crippen LogP contribution in [0.2, 0.25) is 0 Å². The zero-order valence-corrected chi connectivity index (χ0v) is 14.4. The van der Waals surface area contributed by atoms with Crippen molar-refractivity contribution < 1.29 is 4.79 Å². The Balaban J connectivity index is 0.00000144. The van der Waals surface area contributed by atoms with Crippen LogP contribution >= 0.6 is 24.8 Å². The molecule has 0 saturated carbocycles. The van der Waals surface area contributed by atoms with Gasteiger partial charge in [-0.25, -0.2) is 0 Å². The number of nitrogens with one attached hydrogen (secondary N) is 2. The lowest BCUT2D eigenvalue weighted by molar-refractivity contribution is 0.0976. The highest BCUT2D eigenvalue weighted by Gasteiger charge is 2.15. The Morgan fingerprint density at radius 1 is 1.21 bits per heavy atom. The third-order valence-electron chi connectivity index (χ3n) is 3.52. The summed E-state index contributed by atoms with van der Waals surface area (Å²) in [4.78, 5) is 16.4. The number of carbonyl (C=O) groups is 1. The van der Waals surface area contributed by atoms with E-state index in [9.17, 15) is 4.79 Å². The Kier molecular flexibility index (Phi) is 6.34. The number of fused-ring (bicyclic) bond motifs is 1. The van der Waals surface area contributed by atoms with Gasteiger partial charge in [-0.3, -0.25) is 20.5 Å². The summed E-state index contributed by atoms with van der Waals surface area (Å²) in [6.45, 7) is 1.85. The molecule has 0 aliphatic rings. The molecule has 1 aromatic carbocycles. The smallest absolute Gasteiger partial charge is 0.259 e. The van der Waals surface area contributed by atoms with E-state index in [0.717, 1.165) is 22.3 Å². The van der Waals surface area contributed by atoms with Crippen molar-refractivity contribution >= 4 is 47.6 Å². The van der Waals surface area contributed by atoms with Gasteiger partial charge < -0.3 is 10.3 Å². The van der Waals surface area contributed by atoms with E-state index in [4.69, 9.17) is 11.1 Å². The largest absolute Gasteiger partial charge is 0.370 e. The van der Waals surface area contributed by atoms with Crippen molar-refractivity contribution in [1.29, 1.82) is 5.41 Å². The van der Waals surface area contributed by atoms with Gasteiger partial charge in [-0.15, -0.1) is 24.8 Å². The monoisotopic (exact) mass is 365 g/mol. The summed E-state index contributed by atoms with van der Waals surface area (Å²) in [7, 11) is 0. The summed E-state index contributed by atoms with van der Waals surface area (Å²) in [5, 5.41) is 10.5. The molecule has 0 radical (unpaired) electrons. The molecule has 0 spiro atoms. The first kappa shape index (κ1) is 19.5. The number of amides is 1. The van der Waals surface area contributed by atoms with E-state index in [-0.39, 0.29) is 36.7 Å². The molecule has 24 heavy (non-hydrogen) atoms. The van der Waals surface area contributed by atoms with Crippen LogP contribution in [0.5, 0.6) is 0 Å². The number of guanidine groups is 1. The van der Waals surface area contributed by atoms with Crippen LogP contribution in [-0.4, -0.2) is 21.4 Å². The number of nitrogens with zero attached hydrogens (tertiary/aromatic N) is 2. The average Bonchev–Trinajstić information content (AvgIpc) is 2.87. The van der Waals surface area contributed by atoms with Crippen LogP contribution in [0.4, 0.5) is 0 Å². The van der Waals surface area contributed by atoms with Crippen molar-refractivity contribution in [3.8, 4) is 5.69 Å². The van der Waals surface area contributed by atoms with Crippen molar-refractivity contribution in [3.05, 3.63) is 60.0 Å². The van der Waals surface area contributed by atoms with Crippen molar-refractivity contribution in [3.63, 3.8) is 0 Å². The summed E-state index contributed by atoms with van der Waals surface area (Å²) in [6, 6.07) is 11.4. The summed E-state index contributed by atoms with van der Waals surface area (Å²) >= 11 is 0. The van der Waals surface area contributed by atoms with Crippen LogP contribution in [-0.2, 0) is 0 Å². The van der Waals surface area contributed by atoms with Gasteiger partial charge in [0.25, 0.3) is 5.91 Å². The van der Waals surface area contributed by atoms with Gasteiger partial charge in [-0.2, -0.15) is 0 Å². The van der Waals surface area contributed by atoms with E-state index in [1.54, 1.807) is 12.3 Å². The molecule has 4 N–H and O–H groups in total. The Morgan fingerprint density at radius 3 is 2.62 bits per heavy atom. The van der Waals surface area contributed by atoms with E-state index in [1.807, 2.05) is 48.0 Å². The molecule has 0 saturated heterocycles. The van der Waals surface area contributed by atoms with Gasteiger partial charge in [-0.05, 0) is 25.1 Å². The van der Waals surface area contributed by atoms with Crippen molar-refractivity contribution in [2.24, 2.45) is 5.73 Å². The number of para-hydroxylation sites is 1. The lowest BCUT2D eigenvalue weighted by atomic mass is 10.2. The Bertz CT molecular complexity index is 886. The Labute approximate surface area is 151 Å². The third kappa shape index (κ3) is 3.50. The van der Waals surface area contributed by atoms with Crippen molar-refractivity contribution in [2.75, 3.05) is 0 Å². The van der Waals surface area contributed by atoms with Crippen LogP contribution in [0, 0.1) is 12.3 Å². The number of aromatic nitrogens is 2. The summed E-state index contributed by atoms with van der Waals surface area (Å²) < 4.78 is 1.93. The van der Waals surface area contributed by atoms with Gasteiger partial charge in [0.2, 0.25) is 0 Å². The van der Waals surface area contributed by atoms with Gasteiger partial charge in [0.15, 0.2) is 5.96 Å². The van der Waals surface area contributed by atoms with E-state index in [2.05, 4.69) is 10.3 Å². The second-order valence-electron chi connectivity index (χ2n) is 4.90. The molecular formula is C16H17Cl2N5O. The average molecular weight is 366 g/mol. The number of pyridine rings is 1. The molecule has 8 heteroatoms. The topological polar surface area (TPSA) is 96.8 Å². The van der Waals surface area contributed by atoms with E-state index < -0.39 is 0 Å². The fourth-order valence-corrected chi connectivity index (χ4v) is 2.49. The summed E-state index contributed by atoms with van der Waals surface area (Å²) in [6.07, 6.45) is 3.57. The highest BCUT2D eigenvalue weighted by Crippen LogP contribution is 2.23. The van der Waals surface area contributed by atoms with Crippen molar-refractivity contribution in [2.45, 2.75) is 6.92 Å². The predicted molar refractivity (Wildman–Crippen MR) is 99.7 cm³/mol. The van der Waals surface area contributed by atoms with Gasteiger partial charge in [0, 0.05) is 23.5 Å². The van der Waals surface area contributed by atoms with Gasteiger partial charge in [0.05, 0.1) is 16.8 Å². The fraction of sp³-hybridized carbons (Fsp3) is 0.0625. The maximum Gasteiger partial charge on any atom is 0.259 e. The minimum Gasteiger partial charge on any atom is -0.370 e. The molecule has 0 unspecified atom stereocenters. The number of benzene rings is 1. The molecule has 126 valence electrons. The summed E-state index contributed by atoms with van der Waals surface area (Å²) in [5.74, 6) is -0.756. The first-order chi connectivity index (χ1) is 10.6. The normalized spacial score (nSPS) is 9.71. The molecule has 6 nitrogen and oxygen atoms in total. The van der Waals surface area contributed by atoms with Gasteiger partial charge in [-0.1, -0.05) is 18.2 Å². The number of rotatable bonds is 2. The molecule has 0 bridgehead atoms. The zero-order chi connectivity index (χ0) is 15.7. The number of nitrogens with two attached hydrogens (primary N) is 1. The molecule has 3 aromatic rings. The van der Waals surface area contributed by atoms with E-state index in [1.165, 1.54) is 0 Å². The highest BCUT2D eigenvalue weighted by atomic mass is 35.5. The number of carbonyl (C=O) groups excluding carboxylic acids is 1. The molecular weight excluding hydrogens is 349 g/mol. The number of halogens is 2. The Morgan fingerprint density at radius 2 is 1.92 bits per heavy atom. The quantitative estimate of drug-likeness (QED) is 0.481. The molecule has 2 heterocycles. The molecule has 0 aliphatic carbocycles. The number of hydrogen-bond acceptors (Lipinski definition) is 3. The standard InChI is InChI=1S/C16H15N5O.2ClH/c1-10-11(15(22)20-16(17)18)7-9-21(10)14-6-8-19-13-5-3-2-4-12(13)14;;/h2-9H,1H3,(H4,17,18,20,22);2*1H. The predicted octanol–water partition coefficient (Wildman–Crippen LogP) is 2.80. The highest BCUT2D eigenvalue weighted by molar-refractivity contribution is 6.05.